The summed E-state index contributed by atoms with van der Waals surface area (Å²) in [6, 6.07) is 6.65. The quantitative estimate of drug-likeness (QED) is 0.571. The van der Waals surface area contributed by atoms with E-state index >= 15 is 0 Å². The van der Waals surface area contributed by atoms with Crippen LogP contribution in [0.15, 0.2) is 36.5 Å². The summed E-state index contributed by atoms with van der Waals surface area (Å²) in [5.74, 6) is -1.65. The van der Waals surface area contributed by atoms with Gasteiger partial charge in [-0.1, -0.05) is 0 Å². The second-order valence-corrected chi connectivity index (χ2v) is 9.74. The van der Waals surface area contributed by atoms with Gasteiger partial charge in [-0.2, -0.15) is 0 Å². The van der Waals surface area contributed by atoms with Gasteiger partial charge in [0.15, 0.2) is 16.3 Å². The summed E-state index contributed by atoms with van der Waals surface area (Å²) in [6.07, 6.45) is 3.17. The van der Waals surface area contributed by atoms with Crippen LogP contribution in [-0.4, -0.2) is 56.5 Å². The Morgan fingerprint density at radius 3 is 2.64 bits per heavy atom. The Balaban J connectivity index is 1.18. The Labute approximate surface area is 192 Å². The molecule has 0 radical (unpaired) electrons. The third-order valence-corrected chi connectivity index (χ3v) is 7.79. The number of ether oxygens (including phenoxy) is 1. The fraction of sp³-hybridized carbons (Fsp3) is 0.391. The van der Waals surface area contributed by atoms with Crippen molar-refractivity contribution in [1.29, 1.82) is 0 Å². The van der Waals surface area contributed by atoms with Crippen LogP contribution in [0, 0.1) is 11.6 Å². The molecule has 3 aliphatic heterocycles. The second kappa shape index (κ2) is 7.53. The van der Waals surface area contributed by atoms with Gasteiger partial charge in [0.2, 0.25) is 0 Å². The molecule has 2 aromatic heterocycles. The lowest BCUT2D eigenvalue weighted by Gasteiger charge is -2.37. The lowest BCUT2D eigenvalue weighted by atomic mass is 9.89. The zero-order valence-electron chi connectivity index (χ0n) is 17.5. The lowest BCUT2D eigenvalue weighted by molar-refractivity contribution is -0.142. The average molecular weight is 471 g/mol. The third kappa shape index (κ3) is 3.31. The molecule has 10 heteroatoms. The van der Waals surface area contributed by atoms with Crippen molar-refractivity contribution in [1.82, 2.24) is 19.8 Å². The highest BCUT2D eigenvalue weighted by Gasteiger charge is 2.58. The molecule has 1 spiro atoms. The first-order chi connectivity index (χ1) is 15.9. The van der Waals surface area contributed by atoms with Gasteiger partial charge in [-0.3, -0.25) is 9.59 Å². The van der Waals surface area contributed by atoms with E-state index in [4.69, 9.17) is 4.74 Å². The molecular formula is C23H20F2N4O3S. The van der Waals surface area contributed by atoms with Gasteiger partial charge in [0.05, 0.1) is 10.7 Å². The molecule has 0 unspecified atom stereocenters. The number of benzene rings is 1. The summed E-state index contributed by atoms with van der Waals surface area (Å²) < 4.78 is 34.7. The molecule has 2 amide bonds. The minimum atomic E-state index is -0.999. The van der Waals surface area contributed by atoms with E-state index in [0.717, 1.165) is 10.8 Å². The summed E-state index contributed by atoms with van der Waals surface area (Å²) >= 11 is 1.30. The smallest absolute Gasteiger partial charge is 0.282 e. The molecule has 3 fully saturated rings. The number of hydrogen-bond acceptors (Lipinski definition) is 6. The first kappa shape index (κ1) is 20.6. The van der Waals surface area contributed by atoms with Crippen molar-refractivity contribution < 1.29 is 23.1 Å². The van der Waals surface area contributed by atoms with Gasteiger partial charge in [-0.15, -0.1) is 11.3 Å². The number of hydrogen-bond donors (Lipinski definition) is 0. The number of likely N-dealkylation sites (tertiary alicyclic amines) is 1. The van der Waals surface area contributed by atoms with Crippen LogP contribution in [0.5, 0.6) is 0 Å². The van der Waals surface area contributed by atoms with Crippen molar-refractivity contribution >= 4 is 33.5 Å². The number of pyridine rings is 1. The normalized spacial score (nSPS) is 24.1. The summed E-state index contributed by atoms with van der Waals surface area (Å²) in [5, 5.41) is 0.382. The number of piperidine rings is 1. The molecular weight excluding hydrogens is 450 g/mol. The highest BCUT2D eigenvalue weighted by molar-refractivity contribution is 7.20. The fourth-order valence-electron chi connectivity index (χ4n) is 5.21. The molecule has 2 atom stereocenters. The van der Waals surface area contributed by atoms with Gasteiger partial charge in [-0.05, 0) is 42.7 Å². The predicted molar refractivity (Wildman–Crippen MR) is 115 cm³/mol. The van der Waals surface area contributed by atoms with Crippen molar-refractivity contribution in [3.8, 4) is 0 Å². The molecule has 0 bridgehead atoms. The molecule has 6 rings (SSSR count). The van der Waals surface area contributed by atoms with Crippen molar-refractivity contribution in [2.75, 3.05) is 13.1 Å². The third-order valence-electron chi connectivity index (χ3n) is 6.79. The first-order valence-corrected chi connectivity index (χ1v) is 11.7. The van der Waals surface area contributed by atoms with E-state index in [2.05, 4.69) is 9.97 Å². The van der Waals surface area contributed by atoms with E-state index in [-0.39, 0.29) is 11.8 Å². The Morgan fingerprint density at radius 2 is 1.91 bits per heavy atom. The van der Waals surface area contributed by atoms with Crippen molar-refractivity contribution in [2.45, 2.75) is 43.6 Å². The van der Waals surface area contributed by atoms with Crippen LogP contribution in [0.25, 0.3) is 10.3 Å². The Morgan fingerprint density at radius 1 is 1.15 bits per heavy atom. The highest BCUT2D eigenvalue weighted by atomic mass is 32.1. The van der Waals surface area contributed by atoms with E-state index in [1.165, 1.54) is 23.5 Å². The number of rotatable bonds is 2. The van der Waals surface area contributed by atoms with Crippen LogP contribution in [0.1, 0.15) is 47.1 Å². The molecule has 0 N–H and O–H groups in total. The lowest BCUT2D eigenvalue weighted by Crippen LogP contribution is -2.51. The number of amides is 2. The fourth-order valence-corrected chi connectivity index (χ4v) is 6.10. The molecule has 3 aromatic rings. The van der Waals surface area contributed by atoms with Crippen molar-refractivity contribution in [2.24, 2.45) is 0 Å². The summed E-state index contributed by atoms with van der Waals surface area (Å²) in [4.78, 5) is 38.3. The standard InChI is InChI=1S/C23H20F2N4O3S/c24-14-10-13(11-15(25)12-14)16-3-4-18-29(16)22(31)23(32-18)5-8-28(9-6-23)21(30)20-27-19-17(33-20)2-1-7-26-19/h1-2,7,10-12,16,18H,3-6,8-9H2/t16-,18+/m0/s1. The Hall–Kier alpha value is -2.98. The topological polar surface area (TPSA) is 75.6 Å². The number of thiazole rings is 1. The molecule has 3 saturated heterocycles. The Kier molecular flexibility index (Phi) is 4.70. The minimum absolute atomic E-state index is 0.157. The highest BCUT2D eigenvalue weighted by Crippen LogP contribution is 2.47. The molecule has 0 aliphatic carbocycles. The van der Waals surface area contributed by atoms with Crippen molar-refractivity contribution in [3.05, 3.63) is 58.7 Å². The van der Waals surface area contributed by atoms with Gasteiger partial charge in [0.25, 0.3) is 11.8 Å². The molecule has 1 aromatic carbocycles. The van der Waals surface area contributed by atoms with Gasteiger partial charge in [-0.25, -0.2) is 18.7 Å². The molecule has 0 saturated carbocycles. The van der Waals surface area contributed by atoms with Gasteiger partial charge in [0.1, 0.15) is 17.9 Å². The summed E-state index contributed by atoms with van der Waals surface area (Å²) in [7, 11) is 0. The summed E-state index contributed by atoms with van der Waals surface area (Å²) in [5.41, 5.74) is -0.00337. The molecule has 170 valence electrons. The van der Waals surface area contributed by atoms with Crippen LogP contribution in [0.2, 0.25) is 0 Å². The maximum absolute atomic E-state index is 13.8. The number of aromatic nitrogens is 2. The number of carbonyl (C=O) groups is 2. The minimum Gasteiger partial charge on any atom is -0.342 e. The molecule has 33 heavy (non-hydrogen) atoms. The van der Waals surface area contributed by atoms with Crippen LogP contribution in [0.3, 0.4) is 0 Å². The van der Waals surface area contributed by atoms with E-state index in [0.29, 0.717) is 55.0 Å². The van der Waals surface area contributed by atoms with Gasteiger partial charge in [0, 0.05) is 38.2 Å². The largest absolute Gasteiger partial charge is 0.342 e. The van der Waals surface area contributed by atoms with E-state index < -0.39 is 29.5 Å². The molecule has 7 nitrogen and oxygen atoms in total. The maximum atomic E-state index is 13.8. The number of fused-ring (bicyclic) bond motifs is 2. The monoisotopic (exact) mass is 470 g/mol. The Bertz CT molecular complexity index is 1220. The van der Waals surface area contributed by atoms with E-state index in [9.17, 15) is 18.4 Å². The molecule has 5 heterocycles. The zero-order valence-corrected chi connectivity index (χ0v) is 18.4. The van der Waals surface area contributed by atoms with Crippen molar-refractivity contribution in [3.63, 3.8) is 0 Å². The maximum Gasteiger partial charge on any atom is 0.282 e. The predicted octanol–water partition coefficient (Wildman–Crippen LogP) is 3.66. The zero-order chi connectivity index (χ0) is 22.7. The average Bonchev–Trinajstić information content (AvgIpc) is 3.48. The SMILES string of the molecule is O=C(c1nc2ncccc2s1)N1CCC2(CC1)O[C@@H]1CC[C@@H](c3cc(F)cc(F)c3)N1C2=O. The second-order valence-electron chi connectivity index (χ2n) is 8.71. The van der Waals surface area contributed by atoms with Gasteiger partial charge < -0.3 is 14.5 Å². The summed E-state index contributed by atoms with van der Waals surface area (Å²) in [6.45, 7) is 0.738. The van der Waals surface area contributed by atoms with Crippen LogP contribution in [-0.2, 0) is 9.53 Å². The van der Waals surface area contributed by atoms with E-state index in [1.807, 2.05) is 6.07 Å². The molecule has 3 aliphatic rings. The number of nitrogens with zero attached hydrogens (tertiary/aromatic N) is 4. The van der Waals surface area contributed by atoms with E-state index in [1.54, 1.807) is 22.1 Å². The first-order valence-electron chi connectivity index (χ1n) is 10.9. The number of halogens is 2. The van der Waals surface area contributed by atoms with Crippen LogP contribution < -0.4 is 0 Å². The van der Waals surface area contributed by atoms with Crippen LogP contribution in [0.4, 0.5) is 8.78 Å². The van der Waals surface area contributed by atoms with Gasteiger partial charge >= 0.3 is 0 Å². The number of carbonyl (C=O) groups excluding carboxylic acids is 2. The van der Waals surface area contributed by atoms with Crippen LogP contribution >= 0.6 is 11.3 Å².